The van der Waals surface area contributed by atoms with E-state index in [1.807, 2.05) is 67.7 Å². The van der Waals surface area contributed by atoms with Gasteiger partial charge in [-0.05, 0) is 71.8 Å². The molecule has 0 aliphatic heterocycles. The Hall–Kier alpha value is -5.68. The van der Waals surface area contributed by atoms with Crippen molar-refractivity contribution in [3.63, 3.8) is 0 Å². The third kappa shape index (κ3) is 10.4. The molecule has 0 spiro atoms. The Balaban J connectivity index is 1.10. The fourth-order valence-electron chi connectivity index (χ4n) is 7.16. The summed E-state index contributed by atoms with van der Waals surface area (Å²) in [5.41, 5.74) is 8.40. The number of aliphatic hydroxyl groups excluding tert-OH is 2. The number of nitrogens with zero attached hydrogens (tertiary/aromatic N) is 5. The van der Waals surface area contributed by atoms with Crippen molar-refractivity contribution in [3.05, 3.63) is 123 Å². The maximum atomic E-state index is 11.0. The van der Waals surface area contributed by atoms with Gasteiger partial charge in [0.2, 0.25) is 11.8 Å². The van der Waals surface area contributed by atoms with Crippen LogP contribution in [0.25, 0.3) is 28.2 Å². The average Bonchev–Trinajstić information content (AvgIpc) is 3.82. The molecule has 0 saturated carbocycles. The van der Waals surface area contributed by atoms with Gasteiger partial charge in [0.15, 0.2) is 11.5 Å². The van der Waals surface area contributed by atoms with Gasteiger partial charge in [-0.3, -0.25) is 14.6 Å². The second-order valence-corrected chi connectivity index (χ2v) is 15.4. The summed E-state index contributed by atoms with van der Waals surface area (Å²) in [7, 11) is 0. The molecular weight excluding hydrogens is 813 g/mol. The van der Waals surface area contributed by atoms with Crippen LogP contribution in [0.1, 0.15) is 58.7 Å². The van der Waals surface area contributed by atoms with Gasteiger partial charge in [-0.2, -0.15) is 4.98 Å². The van der Waals surface area contributed by atoms with Crippen molar-refractivity contribution in [2.75, 3.05) is 13.1 Å². The third-order valence-electron chi connectivity index (χ3n) is 9.91. The van der Waals surface area contributed by atoms with Crippen molar-refractivity contribution in [2.45, 2.75) is 70.6 Å². The number of hydrogen-bond donors (Lipinski definition) is 6. The fourth-order valence-corrected chi connectivity index (χ4v) is 7.69. The zero-order valence-corrected chi connectivity index (χ0v) is 34.0. The molecular formula is C43H43Cl2N7O8. The minimum absolute atomic E-state index is 0.0404. The Labute approximate surface area is 355 Å². The molecule has 312 valence electrons. The van der Waals surface area contributed by atoms with Crippen LogP contribution in [0.15, 0.2) is 79.3 Å². The summed E-state index contributed by atoms with van der Waals surface area (Å²) < 4.78 is 14.4. The van der Waals surface area contributed by atoms with E-state index in [2.05, 4.69) is 15.6 Å². The van der Waals surface area contributed by atoms with E-state index in [1.54, 1.807) is 23.0 Å². The summed E-state index contributed by atoms with van der Waals surface area (Å²) in [5, 5.41) is 49.4. The lowest BCUT2D eigenvalue weighted by Gasteiger charge is -2.19. The molecule has 6 N–H and O–H groups in total. The summed E-state index contributed by atoms with van der Waals surface area (Å²) >= 11 is 14.0. The monoisotopic (exact) mass is 855 g/mol. The molecule has 0 radical (unpaired) electrons. The third-order valence-corrected chi connectivity index (χ3v) is 10.6. The van der Waals surface area contributed by atoms with Gasteiger partial charge in [-0.25, -0.2) is 9.50 Å². The highest BCUT2D eigenvalue weighted by Gasteiger charge is 2.29. The van der Waals surface area contributed by atoms with Gasteiger partial charge in [0.25, 0.3) is 0 Å². The minimum atomic E-state index is -1.10. The predicted molar refractivity (Wildman–Crippen MR) is 223 cm³/mol. The SMILES string of the molecule is Cc1cncc(COc2nc(O[C@H]3CCc4c(-c5cccc(-c6nc7ccc(CNC[C@@H](O)CC(=O)O)cn7n6)c5Cl)cccc43)c(Cl)cc2CNC[C@@H](O)CC(=O)O)c1. The second kappa shape index (κ2) is 19.1. The van der Waals surface area contributed by atoms with Crippen LogP contribution in [0.2, 0.25) is 10.0 Å². The zero-order valence-electron chi connectivity index (χ0n) is 32.5. The van der Waals surface area contributed by atoms with Crippen molar-refractivity contribution >= 4 is 40.8 Å². The number of benzene rings is 2. The number of aliphatic hydroxyl groups is 2. The van der Waals surface area contributed by atoms with Gasteiger partial charge in [-0.15, -0.1) is 5.10 Å². The molecule has 0 saturated heterocycles. The van der Waals surface area contributed by atoms with Crippen LogP contribution in [0.5, 0.6) is 11.8 Å². The first-order valence-electron chi connectivity index (χ1n) is 19.3. The van der Waals surface area contributed by atoms with Crippen LogP contribution in [0, 0.1) is 6.92 Å². The summed E-state index contributed by atoms with van der Waals surface area (Å²) in [6, 6.07) is 19.2. The lowest BCUT2D eigenvalue weighted by Crippen LogP contribution is -2.28. The van der Waals surface area contributed by atoms with Crippen molar-refractivity contribution < 1.29 is 39.5 Å². The highest BCUT2D eigenvalue weighted by Crippen LogP contribution is 2.44. The number of hydrogen-bond acceptors (Lipinski definition) is 12. The van der Waals surface area contributed by atoms with Crippen LogP contribution in [-0.4, -0.2) is 82.2 Å². The van der Waals surface area contributed by atoms with Crippen LogP contribution < -0.4 is 20.1 Å². The van der Waals surface area contributed by atoms with Crippen molar-refractivity contribution in [1.82, 2.24) is 35.2 Å². The van der Waals surface area contributed by atoms with Crippen LogP contribution in [0.3, 0.4) is 0 Å². The number of ether oxygens (including phenoxy) is 2. The molecule has 0 unspecified atom stereocenters. The molecule has 0 amide bonds. The Morgan fingerprint density at radius 1 is 0.867 bits per heavy atom. The first-order valence-corrected chi connectivity index (χ1v) is 20.0. The average molecular weight is 857 g/mol. The van der Waals surface area contributed by atoms with E-state index in [-0.39, 0.29) is 55.5 Å². The van der Waals surface area contributed by atoms with Gasteiger partial charge in [-0.1, -0.05) is 59.6 Å². The first-order chi connectivity index (χ1) is 28.9. The molecule has 6 aromatic rings. The molecule has 3 atom stereocenters. The van der Waals surface area contributed by atoms with E-state index in [1.165, 1.54) is 0 Å². The maximum Gasteiger partial charge on any atom is 0.306 e. The molecule has 1 aliphatic rings. The van der Waals surface area contributed by atoms with Gasteiger partial charge in [0.05, 0.1) is 30.1 Å². The summed E-state index contributed by atoms with van der Waals surface area (Å²) in [6.07, 6.45) is 3.48. The van der Waals surface area contributed by atoms with Crippen LogP contribution in [-0.2, 0) is 35.7 Å². The van der Waals surface area contributed by atoms with E-state index in [0.29, 0.717) is 47.0 Å². The van der Waals surface area contributed by atoms with E-state index in [9.17, 15) is 19.8 Å². The normalized spacial score (nSPS) is 14.5. The molecule has 15 nitrogen and oxygen atoms in total. The number of nitrogens with one attached hydrogen (secondary N) is 2. The Morgan fingerprint density at radius 3 is 2.33 bits per heavy atom. The summed E-state index contributed by atoms with van der Waals surface area (Å²) in [4.78, 5) is 35.6. The zero-order chi connectivity index (χ0) is 42.3. The Morgan fingerprint density at radius 2 is 1.58 bits per heavy atom. The largest absolute Gasteiger partial charge is 0.481 e. The number of carboxylic acid groups (broad SMARTS) is 2. The standard InChI is InChI=1S/C43H43Cl2N7O8/c1-24-12-26(18-46-16-24)23-59-42-27(19-48-21-29(54)15-39(57)58)13-35(44)43(50-42)60-36-10-9-31-30(4-2-5-32(31)36)33-6-3-7-34(40(33)45)41-49-37-11-8-25(22-52(37)51-41)17-47-20-28(53)14-38(55)56/h2-8,11-13,16,18,22,28-29,36,47-48,53-54H,9-10,14-15,17,19-21,23H2,1H3,(H,55,56)(H,57,58)/t28-,29-,36-/m0/s1. The first kappa shape index (κ1) is 42.4. The Kier molecular flexibility index (Phi) is 13.5. The predicted octanol–water partition coefficient (Wildman–Crippen LogP) is 5.96. The summed E-state index contributed by atoms with van der Waals surface area (Å²) in [6.45, 7) is 2.90. The number of rotatable bonds is 19. The van der Waals surface area contributed by atoms with Crippen molar-refractivity contribution in [2.24, 2.45) is 0 Å². The molecule has 4 heterocycles. The van der Waals surface area contributed by atoms with Gasteiger partial charge < -0.3 is 40.5 Å². The highest BCUT2D eigenvalue weighted by atomic mass is 35.5. The molecule has 0 fully saturated rings. The second-order valence-electron chi connectivity index (χ2n) is 14.6. The number of carbonyl (C=O) groups is 2. The minimum Gasteiger partial charge on any atom is -0.481 e. The van der Waals surface area contributed by atoms with Crippen LogP contribution in [0.4, 0.5) is 0 Å². The van der Waals surface area contributed by atoms with Gasteiger partial charge in [0.1, 0.15) is 17.7 Å². The molecule has 7 rings (SSSR count). The number of aliphatic carboxylic acids is 2. The molecule has 2 aromatic carbocycles. The van der Waals surface area contributed by atoms with E-state index < -0.39 is 30.6 Å². The number of fused-ring (bicyclic) bond motifs is 2. The topological polar surface area (TPSA) is 214 Å². The molecule has 60 heavy (non-hydrogen) atoms. The fraction of sp³-hybridized carbons (Fsp3) is 0.302. The number of halogens is 2. The quantitative estimate of drug-likeness (QED) is 0.0555. The number of pyridine rings is 3. The van der Waals surface area contributed by atoms with Gasteiger partial charge in [0, 0.05) is 67.0 Å². The number of carboxylic acids is 2. The van der Waals surface area contributed by atoms with Crippen molar-refractivity contribution in [1.29, 1.82) is 0 Å². The molecule has 0 bridgehead atoms. The van der Waals surface area contributed by atoms with Crippen LogP contribution >= 0.6 is 23.2 Å². The van der Waals surface area contributed by atoms with E-state index in [0.717, 1.165) is 38.9 Å². The molecule has 1 aliphatic carbocycles. The molecule has 17 heteroatoms. The highest BCUT2D eigenvalue weighted by molar-refractivity contribution is 6.36. The summed E-state index contributed by atoms with van der Waals surface area (Å²) in [5.74, 6) is -1.24. The van der Waals surface area contributed by atoms with Gasteiger partial charge >= 0.3 is 11.9 Å². The van der Waals surface area contributed by atoms with Crippen molar-refractivity contribution in [3.8, 4) is 34.3 Å². The number of aryl methyl sites for hydroxylation is 1. The maximum absolute atomic E-state index is 11.0. The lowest BCUT2D eigenvalue weighted by atomic mass is 9.95. The lowest BCUT2D eigenvalue weighted by molar-refractivity contribution is -0.140. The number of aromatic nitrogens is 5. The molecule has 4 aromatic heterocycles. The van der Waals surface area contributed by atoms with E-state index in [4.69, 9.17) is 58.0 Å². The Bertz CT molecular complexity index is 2520. The smallest absolute Gasteiger partial charge is 0.306 e. The van der Waals surface area contributed by atoms with E-state index >= 15 is 0 Å².